The van der Waals surface area contributed by atoms with Crippen LogP contribution in [-0.2, 0) is 10.0 Å². The molecule has 20 heavy (non-hydrogen) atoms. The molecule has 7 heteroatoms. The van der Waals surface area contributed by atoms with Crippen LogP contribution >= 0.6 is 0 Å². The van der Waals surface area contributed by atoms with Gasteiger partial charge < -0.3 is 10.5 Å². The van der Waals surface area contributed by atoms with E-state index in [4.69, 9.17) is 15.7 Å². The summed E-state index contributed by atoms with van der Waals surface area (Å²) in [6.45, 7) is 0.769. The van der Waals surface area contributed by atoms with Gasteiger partial charge in [0.1, 0.15) is 10.6 Å². The summed E-state index contributed by atoms with van der Waals surface area (Å²) in [6, 6.07) is 6.12. The normalized spacial score (nSPS) is 19.8. The van der Waals surface area contributed by atoms with E-state index in [0.717, 1.165) is 12.8 Å². The minimum absolute atomic E-state index is 0.0827. The van der Waals surface area contributed by atoms with Crippen molar-refractivity contribution in [3.8, 4) is 11.8 Å². The lowest BCUT2D eigenvalue weighted by molar-refractivity contribution is 0.379. The Balaban J connectivity index is 2.47. The lowest BCUT2D eigenvalue weighted by atomic mass is 10.2. The number of hydrogen-bond donors (Lipinski definition) is 1. The topological polar surface area (TPSA) is 96.4 Å². The van der Waals surface area contributed by atoms with Gasteiger partial charge in [-0.1, -0.05) is 0 Å². The van der Waals surface area contributed by atoms with Gasteiger partial charge in [-0.05, 0) is 31.0 Å². The van der Waals surface area contributed by atoms with Crippen molar-refractivity contribution in [1.82, 2.24) is 4.31 Å². The highest BCUT2D eigenvalue weighted by Gasteiger charge is 2.36. The Morgan fingerprint density at radius 2 is 2.30 bits per heavy atom. The zero-order valence-electron chi connectivity index (χ0n) is 11.2. The molecule has 2 N–H and O–H groups in total. The lowest BCUT2D eigenvalue weighted by Crippen LogP contribution is -2.39. The average Bonchev–Trinajstić information content (AvgIpc) is 2.95. The first-order valence-electron chi connectivity index (χ1n) is 6.34. The number of methoxy groups -OCH3 is 1. The third-order valence-electron chi connectivity index (χ3n) is 3.47. The maximum atomic E-state index is 12.7. The number of nitriles is 1. The van der Waals surface area contributed by atoms with Crippen LogP contribution in [0.2, 0.25) is 0 Å². The molecular weight excluding hydrogens is 278 g/mol. The molecule has 2 rings (SSSR count). The zero-order chi connectivity index (χ0) is 14.8. The molecule has 1 saturated heterocycles. The van der Waals surface area contributed by atoms with E-state index in [2.05, 4.69) is 0 Å². The van der Waals surface area contributed by atoms with E-state index in [9.17, 15) is 8.42 Å². The molecule has 0 radical (unpaired) electrons. The van der Waals surface area contributed by atoms with E-state index in [1.165, 1.54) is 29.6 Å². The molecule has 1 aliphatic rings. The quantitative estimate of drug-likeness (QED) is 0.881. The van der Waals surface area contributed by atoms with Crippen LogP contribution in [0.3, 0.4) is 0 Å². The van der Waals surface area contributed by atoms with Crippen molar-refractivity contribution in [3.05, 3.63) is 23.8 Å². The standard InChI is InChI=1S/C13H17N3O3S/c1-19-12-7-10(8-14)4-5-13(12)20(17,18)16-6-2-3-11(16)9-15/h4-5,7,11H,2-3,6,9,15H2,1H3/t11-/m0/s1. The predicted molar refractivity (Wildman–Crippen MR) is 73.7 cm³/mol. The summed E-state index contributed by atoms with van der Waals surface area (Å²) in [5.74, 6) is 0.187. The smallest absolute Gasteiger partial charge is 0.247 e. The average molecular weight is 295 g/mol. The summed E-state index contributed by atoms with van der Waals surface area (Å²) in [4.78, 5) is 0.0827. The Labute approximate surface area is 118 Å². The number of benzene rings is 1. The maximum Gasteiger partial charge on any atom is 0.247 e. The molecule has 0 saturated carbocycles. The van der Waals surface area contributed by atoms with Crippen molar-refractivity contribution >= 4 is 10.0 Å². The van der Waals surface area contributed by atoms with Gasteiger partial charge in [0, 0.05) is 19.1 Å². The Kier molecular flexibility index (Phi) is 4.28. The van der Waals surface area contributed by atoms with Crippen LogP contribution < -0.4 is 10.5 Å². The Morgan fingerprint density at radius 3 is 2.90 bits per heavy atom. The molecule has 6 nitrogen and oxygen atoms in total. The molecule has 1 heterocycles. The lowest BCUT2D eigenvalue weighted by Gasteiger charge is -2.23. The highest BCUT2D eigenvalue weighted by atomic mass is 32.2. The number of hydrogen-bond acceptors (Lipinski definition) is 5. The van der Waals surface area contributed by atoms with Crippen LogP contribution in [0.5, 0.6) is 5.75 Å². The van der Waals surface area contributed by atoms with Crippen molar-refractivity contribution in [1.29, 1.82) is 5.26 Å². The van der Waals surface area contributed by atoms with Crippen LogP contribution in [0, 0.1) is 11.3 Å². The minimum atomic E-state index is -3.65. The van der Waals surface area contributed by atoms with Gasteiger partial charge in [0.25, 0.3) is 0 Å². The monoisotopic (exact) mass is 295 g/mol. The molecule has 1 aliphatic heterocycles. The van der Waals surface area contributed by atoms with Crippen molar-refractivity contribution in [3.63, 3.8) is 0 Å². The van der Waals surface area contributed by atoms with Crippen LogP contribution in [0.4, 0.5) is 0 Å². The molecule has 108 valence electrons. The largest absolute Gasteiger partial charge is 0.495 e. The first-order valence-corrected chi connectivity index (χ1v) is 7.78. The number of sulfonamides is 1. The minimum Gasteiger partial charge on any atom is -0.495 e. The SMILES string of the molecule is COc1cc(C#N)ccc1S(=O)(=O)N1CCC[C@H]1CN. The van der Waals surface area contributed by atoms with Crippen LogP contribution in [-0.4, -0.2) is 39.0 Å². The van der Waals surface area contributed by atoms with E-state index < -0.39 is 10.0 Å². The first kappa shape index (κ1) is 14.8. The van der Waals surface area contributed by atoms with E-state index in [-0.39, 0.29) is 16.7 Å². The second-order valence-electron chi connectivity index (χ2n) is 4.62. The molecule has 1 aromatic carbocycles. The third kappa shape index (κ3) is 2.50. The molecule has 1 aromatic rings. The van der Waals surface area contributed by atoms with Crippen molar-refractivity contribution in [2.75, 3.05) is 20.2 Å². The maximum absolute atomic E-state index is 12.7. The first-order chi connectivity index (χ1) is 9.54. The molecule has 0 spiro atoms. The van der Waals surface area contributed by atoms with E-state index >= 15 is 0 Å². The summed E-state index contributed by atoms with van der Waals surface area (Å²) < 4.78 is 31.9. The third-order valence-corrected chi connectivity index (χ3v) is 5.47. The van der Waals surface area contributed by atoms with E-state index in [0.29, 0.717) is 18.7 Å². The molecule has 1 fully saturated rings. The summed E-state index contributed by atoms with van der Waals surface area (Å²) in [5.41, 5.74) is 5.99. The summed E-state index contributed by atoms with van der Waals surface area (Å²) in [5, 5.41) is 8.86. The van der Waals surface area contributed by atoms with Crippen molar-refractivity contribution in [2.24, 2.45) is 5.73 Å². The van der Waals surface area contributed by atoms with Gasteiger partial charge in [-0.15, -0.1) is 0 Å². The van der Waals surface area contributed by atoms with Gasteiger partial charge in [-0.25, -0.2) is 8.42 Å². The fourth-order valence-electron chi connectivity index (χ4n) is 2.44. The molecule has 0 bridgehead atoms. The molecule has 1 atom stereocenters. The fourth-order valence-corrected chi connectivity index (χ4v) is 4.28. The summed E-state index contributed by atoms with van der Waals surface area (Å²) in [6.07, 6.45) is 1.58. The van der Waals surface area contributed by atoms with Gasteiger partial charge in [-0.3, -0.25) is 0 Å². The number of ether oxygens (including phenoxy) is 1. The second kappa shape index (κ2) is 5.79. The molecular formula is C13H17N3O3S. The van der Waals surface area contributed by atoms with Gasteiger partial charge in [0.2, 0.25) is 10.0 Å². The van der Waals surface area contributed by atoms with Gasteiger partial charge in [0.05, 0.1) is 18.7 Å². The van der Waals surface area contributed by atoms with Crippen LogP contribution in [0.25, 0.3) is 0 Å². The number of rotatable bonds is 4. The molecule has 0 aliphatic carbocycles. The van der Waals surface area contributed by atoms with E-state index in [1.54, 1.807) is 0 Å². The Bertz CT molecular complexity index is 637. The van der Waals surface area contributed by atoms with Gasteiger partial charge >= 0.3 is 0 Å². The second-order valence-corrected chi connectivity index (χ2v) is 6.48. The van der Waals surface area contributed by atoms with E-state index in [1.807, 2.05) is 6.07 Å². The predicted octanol–water partition coefficient (Wildman–Crippen LogP) is 0.679. The number of nitrogens with zero attached hydrogens (tertiary/aromatic N) is 2. The van der Waals surface area contributed by atoms with Gasteiger partial charge in [-0.2, -0.15) is 9.57 Å². The van der Waals surface area contributed by atoms with Gasteiger partial charge in [0.15, 0.2) is 0 Å². The molecule has 0 unspecified atom stereocenters. The van der Waals surface area contributed by atoms with Crippen molar-refractivity contribution < 1.29 is 13.2 Å². The highest BCUT2D eigenvalue weighted by molar-refractivity contribution is 7.89. The molecule has 0 aromatic heterocycles. The van der Waals surface area contributed by atoms with Crippen LogP contribution in [0.15, 0.2) is 23.1 Å². The Morgan fingerprint density at radius 1 is 1.55 bits per heavy atom. The zero-order valence-corrected chi connectivity index (χ0v) is 12.1. The highest BCUT2D eigenvalue weighted by Crippen LogP contribution is 2.31. The summed E-state index contributed by atoms with van der Waals surface area (Å²) >= 11 is 0. The fraction of sp³-hybridized carbons (Fsp3) is 0.462. The van der Waals surface area contributed by atoms with Crippen LogP contribution in [0.1, 0.15) is 18.4 Å². The Hall–Kier alpha value is -1.62. The summed E-state index contributed by atoms with van der Waals surface area (Å²) in [7, 11) is -2.26. The molecule has 0 amide bonds. The number of nitrogens with two attached hydrogens (primary N) is 1. The van der Waals surface area contributed by atoms with Crippen molar-refractivity contribution in [2.45, 2.75) is 23.8 Å².